The number of nitrogens with one attached hydrogen (secondary N) is 1. The maximum atomic E-state index is 11.9. The Hall–Kier alpha value is -2.65. The third-order valence-electron chi connectivity index (χ3n) is 5.50. The van der Waals surface area contributed by atoms with Gasteiger partial charge in [-0.15, -0.1) is 0 Å². The number of hydrogen-bond acceptors (Lipinski definition) is 2. The lowest BCUT2D eigenvalue weighted by Gasteiger charge is -2.26. The average molecular weight is 358 g/mol. The molecule has 0 spiro atoms. The molecule has 0 saturated heterocycles. The molecule has 0 bridgehead atoms. The Bertz CT molecular complexity index is 988. The largest absolute Gasteiger partial charge is 0.328 e. The van der Waals surface area contributed by atoms with Gasteiger partial charge in [-0.25, -0.2) is 0 Å². The number of fused-ring (bicyclic) bond motifs is 1. The van der Waals surface area contributed by atoms with Gasteiger partial charge in [-0.05, 0) is 60.4 Å². The number of aromatic nitrogens is 1. The molecule has 3 nitrogen and oxygen atoms in total. The summed E-state index contributed by atoms with van der Waals surface area (Å²) in [6, 6.07) is 18.6. The van der Waals surface area contributed by atoms with Crippen molar-refractivity contribution in [3.05, 3.63) is 88.4 Å². The van der Waals surface area contributed by atoms with Gasteiger partial charge in [0.1, 0.15) is 0 Å². The molecule has 1 aromatic heterocycles. The predicted molar refractivity (Wildman–Crippen MR) is 113 cm³/mol. The van der Waals surface area contributed by atoms with E-state index in [4.69, 9.17) is 0 Å². The smallest absolute Gasteiger partial charge is 0.255 e. The van der Waals surface area contributed by atoms with Crippen LogP contribution in [0, 0.1) is 0 Å². The monoisotopic (exact) mass is 358 g/mol. The first-order valence-electron chi connectivity index (χ1n) is 9.87. The zero-order valence-corrected chi connectivity index (χ0v) is 15.7. The van der Waals surface area contributed by atoms with E-state index in [0.29, 0.717) is 0 Å². The highest BCUT2D eigenvalue weighted by molar-refractivity contribution is 5.84. The number of pyridine rings is 1. The van der Waals surface area contributed by atoms with E-state index < -0.39 is 0 Å². The molecule has 1 aliphatic heterocycles. The van der Waals surface area contributed by atoms with Gasteiger partial charge in [-0.1, -0.05) is 54.6 Å². The van der Waals surface area contributed by atoms with E-state index in [1.54, 1.807) is 0 Å². The SMILES string of the molecule is O=c1[nH]cc(CCCCN2CC=C(c3ccccc3)CC2)c2ccccc12. The summed E-state index contributed by atoms with van der Waals surface area (Å²) in [7, 11) is 0. The van der Waals surface area contributed by atoms with Crippen LogP contribution in [-0.2, 0) is 6.42 Å². The van der Waals surface area contributed by atoms with E-state index in [-0.39, 0.29) is 5.56 Å². The van der Waals surface area contributed by atoms with Crippen molar-refractivity contribution in [2.45, 2.75) is 25.7 Å². The molecule has 3 heteroatoms. The number of unbranched alkanes of at least 4 members (excludes halogenated alkanes) is 1. The molecule has 1 aliphatic rings. The van der Waals surface area contributed by atoms with Crippen molar-refractivity contribution in [2.24, 2.45) is 0 Å². The minimum atomic E-state index is 0.00340. The van der Waals surface area contributed by atoms with Gasteiger partial charge in [0.2, 0.25) is 0 Å². The Labute approximate surface area is 160 Å². The quantitative estimate of drug-likeness (QED) is 0.652. The number of rotatable bonds is 6. The molecule has 0 fully saturated rings. The van der Waals surface area contributed by atoms with Gasteiger partial charge in [-0.3, -0.25) is 9.69 Å². The Morgan fingerprint density at radius 2 is 1.70 bits per heavy atom. The van der Waals surface area contributed by atoms with Crippen LogP contribution in [0.25, 0.3) is 16.3 Å². The summed E-state index contributed by atoms with van der Waals surface area (Å²) in [5, 5.41) is 1.89. The molecular weight excluding hydrogens is 332 g/mol. The van der Waals surface area contributed by atoms with Crippen LogP contribution in [0.4, 0.5) is 0 Å². The van der Waals surface area contributed by atoms with E-state index in [0.717, 1.165) is 49.7 Å². The lowest BCUT2D eigenvalue weighted by molar-refractivity contribution is 0.295. The molecule has 2 heterocycles. The molecule has 0 atom stereocenters. The fourth-order valence-electron chi connectivity index (χ4n) is 3.96. The Kier molecular flexibility index (Phi) is 5.50. The molecule has 0 radical (unpaired) electrons. The Balaban J connectivity index is 1.29. The van der Waals surface area contributed by atoms with Crippen LogP contribution in [0.5, 0.6) is 0 Å². The fraction of sp³-hybridized carbons (Fsp3) is 0.292. The normalized spacial score (nSPS) is 15.0. The van der Waals surface area contributed by atoms with Gasteiger partial charge in [0.05, 0.1) is 0 Å². The summed E-state index contributed by atoms with van der Waals surface area (Å²) in [5.41, 5.74) is 4.09. The maximum Gasteiger partial charge on any atom is 0.255 e. The first-order valence-corrected chi connectivity index (χ1v) is 9.87. The van der Waals surface area contributed by atoms with Crippen LogP contribution in [0.15, 0.2) is 71.7 Å². The number of aromatic amines is 1. The summed E-state index contributed by atoms with van der Waals surface area (Å²) < 4.78 is 0. The van der Waals surface area contributed by atoms with Gasteiger partial charge in [0, 0.05) is 24.7 Å². The van der Waals surface area contributed by atoms with Gasteiger partial charge >= 0.3 is 0 Å². The van der Waals surface area contributed by atoms with Crippen molar-refractivity contribution in [3.8, 4) is 0 Å². The minimum Gasteiger partial charge on any atom is -0.328 e. The summed E-state index contributed by atoms with van der Waals surface area (Å²) in [5.74, 6) is 0. The van der Waals surface area contributed by atoms with Gasteiger partial charge in [-0.2, -0.15) is 0 Å². The first kappa shape index (κ1) is 17.7. The molecule has 0 amide bonds. The van der Waals surface area contributed by atoms with Crippen molar-refractivity contribution < 1.29 is 0 Å². The molecule has 0 saturated carbocycles. The van der Waals surface area contributed by atoms with Crippen LogP contribution in [0.3, 0.4) is 0 Å². The van der Waals surface area contributed by atoms with E-state index in [2.05, 4.69) is 52.4 Å². The Morgan fingerprint density at radius 1 is 0.926 bits per heavy atom. The van der Waals surface area contributed by atoms with Crippen LogP contribution in [0.2, 0.25) is 0 Å². The molecule has 3 aromatic rings. The number of aryl methyl sites for hydroxylation is 1. The molecule has 138 valence electrons. The molecule has 4 rings (SSSR count). The zero-order chi connectivity index (χ0) is 18.5. The first-order chi connectivity index (χ1) is 13.3. The maximum absolute atomic E-state index is 11.9. The predicted octanol–water partition coefficient (Wildman–Crippen LogP) is 4.64. The highest BCUT2D eigenvalue weighted by Gasteiger charge is 2.12. The summed E-state index contributed by atoms with van der Waals surface area (Å²) in [6.07, 6.45) is 8.74. The molecule has 1 N–H and O–H groups in total. The van der Waals surface area contributed by atoms with Crippen molar-refractivity contribution in [2.75, 3.05) is 19.6 Å². The number of benzene rings is 2. The van der Waals surface area contributed by atoms with Gasteiger partial charge in [0.15, 0.2) is 0 Å². The van der Waals surface area contributed by atoms with Crippen LogP contribution >= 0.6 is 0 Å². The third kappa shape index (κ3) is 4.20. The Morgan fingerprint density at radius 3 is 2.48 bits per heavy atom. The van der Waals surface area contributed by atoms with Gasteiger partial charge < -0.3 is 4.98 Å². The second kappa shape index (κ2) is 8.36. The molecule has 2 aromatic carbocycles. The van der Waals surface area contributed by atoms with E-state index >= 15 is 0 Å². The lowest BCUT2D eigenvalue weighted by atomic mass is 9.99. The molecule has 27 heavy (non-hydrogen) atoms. The number of H-pyrrole nitrogens is 1. The van der Waals surface area contributed by atoms with E-state index in [9.17, 15) is 4.79 Å². The highest BCUT2D eigenvalue weighted by Crippen LogP contribution is 2.22. The average Bonchev–Trinajstić information content (AvgIpc) is 2.74. The highest BCUT2D eigenvalue weighted by atomic mass is 16.1. The van der Waals surface area contributed by atoms with Crippen molar-refractivity contribution in [1.29, 1.82) is 0 Å². The second-order valence-electron chi connectivity index (χ2n) is 7.29. The second-order valence-corrected chi connectivity index (χ2v) is 7.29. The van der Waals surface area contributed by atoms with Crippen LogP contribution in [0.1, 0.15) is 30.4 Å². The standard InChI is InChI=1S/C24H26N2O/c27-24-23-12-5-4-11-22(23)21(18-25-24)10-6-7-15-26-16-13-20(14-17-26)19-8-2-1-3-9-19/h1-5,8-9,11-13,18H,6-7,10,14-17H2,(H,25,27). The van der Waals surface area contributed by atoms with E-state index in [1.807, 2.05) is 24.4 Å². The van der Waals surface area contributed by atoms with Gasteiger partial charge in [0.25, 0.3) is 5.56 Å². The fourth-order valence-corrected chi connectivity index (χ4v) is 3.96. The third-order valence-corrected chi connectivity index (χ3v) is 5.50. The molecule has 0 aliphatic carbocycles. The topological polar surface area (TPSA) is 36.1 Å². The summed E-state index contributed by atoms with van der Waals surface area (Å²) >= 11 is 0. The summed E-state index contributed by atoms with van der Waals surface area (Å²) in [4.78, 5) is 17.3. The van der Waals surface area contributed by atoms with Crippen molar-refractivity contribution in [3.63, 3.8) is 0 Å². The molecular formula is C24H26N2O. The van der Waals surface area contributed by atoms with Crippen LogP contribution < -0.4 is 5.56 Å². The number of nitrogens with zero attached hydrogens (tertiary/aromatic N) is 1. The lowest BCUT2D eigenvalue weighted by Crippen LogP contribution is -2.29. The summed E-state index contributed by atoms with van der Waals surface area (Å²) in [6.45, 7) is 3.33. The van der Waals surface area contributed by atoms with Crippen molar-refractivity contribution >= 4 is 16.3 Å². The van der Waals surface area contributed by atoms with Crippen LogP contribution in [-0.4, -0.2) is 29.5 Å². The van der Waals surface area contributed by atoms with E-state index in [1.165, 1.54) is 23.1 Å². The van der Waals surface area contributed by atoms with Crippen molar-refractivity contribution in [1.82, 2.24) is 9.88 Å². The minimum absolute atomic E-state index is 0.00340. The molecule has 0 unspecified atom stereocenters. The number of hydrogen-bond donors (Lipinski definition) is 1. The zero-order valence-electron chi connectivity index (χ0n) is 15.7.